The largest absolute Gasteiger partial charge is 0.534 e. The summed E-state index contributed by atoms with van der Waals surface area (Å²) in [6.45, 7) is 7.30. The molecule has 0 unspecified atom stereocenters. The van der Waals surface area contributed by atoms with Gasteiger partial charge in [-0.2, -0.15) is 21.6 Å². The van der Waals surface area contributed by atoms with Crippen molar-refractivity contribution in [3.05, 3.63) is 67.5 Å². The molecule has 2 aromatic carbocycles. The Morgan fingerprint density at radius 1 is 0.790 bits per heavy atom. The van der Waals surface area contributed by atoms with Crippen LogP contribution in [0, 0.1) is 20.2 Å². The van der Waals surface area contributed by atoms with Crippen molar-refractivity contribution in [2.24, 2.45) is 0 Å². The second-order valence-corrected chi connectivity index (χ2v) is 15.5. The van der Waals surface area contributed by atoms with Gasteiger partial charge in [-0.25, -0.2) is 0 Å². The minimum Gasteiger partial charge on any atom is -0.493 e. The summed E-state index contributed by atoms with van der Waals surface area (Å²) in [5, 5.41) is 23.3. The third kappa shape index (κ3) is 12.5. The highest BCUT2D eigenvalue weighted by Gasteiger charge is 2.49. The fraction of sp³-hybridized carbons (Fsp3) is 0.538. The zero-order valence-corrected chi connectivity index (χ0v) is 35.8. The number of amides is 2. The van der Waals surface area contributed by atoms with E-state index in [4.69, 9.17) is 18.9 Å². The summed E-state index contributed by atoms with van der Waals surface area (Å²) in [5.74, 6) is -1.80. The van der Waals surface area contributed by atoms with Crippen molar-refractivity contribution >= 4 is 44.9 Å². The Morgan fingerprint density at radius 3 is 1.66 bits per heavy atom. The molecule has 2 atom stereocenters. The van der Waals surface area contributed by atoms with Gasteiger partial charge < -0.3 is 32.9 Å². The first kappa shape index (κ1) is 50.4. The first-order valence-electron chi connectivity index (χ1n) is 19.5. The van der Waals surface area contributed by atoms with E-state index >= 15 is 0 Å². The molecule has 2 aromatic rings. The highest BCUT2D eigenvalue weighted by molar-refractivity contribution is 7.87. The molecule has 342 valence electrons. The van der Waals surface area contributed by atoms with Gasteiger partial charge in [-0.05, 0) is 32.3 Å². The second kappa shape index (κ2) is 22.2. The van der Waals surface area contributed by atoms with Gasteiger partial charge in [-0.3, -0.25) is 39.4 Å². The fourth-order valence-corrected chi connectivity index (χ4v) is 6.83. The number of nitrogens with zero attached hydrogens (tertiary/aromatic N) is 4. The van der Waals surface area contributed by atoms with Gasteiger partial charge in [0.05, 0.1) is 61.5 Å². The zero-order valence-electron chi connectivity index (χ0n) is 35.0. The molecule has 2 heterocycles. The number of carbonyl (C=O) groups is 4. The Bertz CT molecular complexity index is 2150. The van der Waals surface area contributed by atoms with E-state index in [0.29, 0.717) is 13.0 Å². The van der Waals surface area contributed by atoms with Crippen LogP contribution in [0.5, 0.6) is 23.0 Å². The highest BCUT2D eigenvalue weighted by atomic mass is 32.2. The molecular formula is C39H49F3N4O15S. The predicted molar refractivity (Wildman–Crippen MR) is 214 cm³/mol. The normalized spacial score (nSPS) is 16.6. The molecule has 19 nitrogen and oxygen atoms in total. The van der Waals surface area contributed by atoms with Crippen molar-refractivity contribution in [1.82, 2.24) is 9.80 Å². The number of nitro groups is 2. The number of hydrogen-bond acceptors (Lipinski definition) is 15. The third-order valence-electron chi connectivity index (χ3n) is 9.65. The molecule has 2 amide bonds. The van der Waals surface area contributed by atoms with Gasteiger partial charge in [0.1, 0.15) is 22.7 Å². The summed E-state index contributed by atoms with van der Waals surface area (Å²) in [4.78, 5) is 74.2. The van der Waals surface area contributed by atoms with E-state index in [-0.39, 0.29) is 91.1 Å². The smallest absolute Gasteiger partial charge is 0.493 e. The molecule has 2 aliphatic heterocycles. The van der Waals surface area contributed by atoms with E-state index in [1.165, 1.54) is 49.1 Å². The van der Waals surface area contributed by atoms with E-state index in [1.54, 1.807) is 6.92 Å². The Kier molecular flexibility index (Phi) is 18.0. The van der Waals surface area contributed by atoms with Crippen molar-refractivity contribution in [2.45, 2.75) is 96.7 Å². The van der Waals surface area contributed by atoms with Crippen LogP contribution < -0.4 is 18.9 Å². The third-order valence-corrected chi connectivity index (χ3v) is 10.6. The van der Waals surface area contributed by atoms with E-state index in [2.05, 4.69) is 4.18 Å². The summed E-state index contributed by atoms with van der Waals surface area (Å²) < 4.78 is 86.2. The fourth-order valence-electron chi connectivity index (χ4n) is 6.32. The summed E-state index contributed by atoms with van der Waals surface area (Å²) in [7, 11) is -3.17. The molecule has 1 fully saturated rings. The lowest BCUT2D eigenvalue weighted by atomic mass is 9.96. The van der Waals surface area contributed by atoms with Crippen LogP contribution in [0.25, 0.3) is 0 Å². The SMILES string of the molecule is CCCCOc1cc([N+](=O)[O-])c(C(=O)N2CCC(=O)C[C@H]2C(C)=O)cc1OC.CCCCOc1cc([N+](=O)[O-])c(C(=O)N2CCC(OS(=O)(=O)C(F)(F)F)=C[C@H]2CC)cc1OC. The van der Waals surface area contributed by atoms with Gasteiger partial charge in [0, 0.05) is 44.5 Å². The van der Waals surface area contributed by atoms with Crippen LogP contribution in [0.4, 0.5) is 24.5 Å². The average molecular weight is 903 g/mol. The van der Waals surface area contributed by atoms with Crippen LogP contribution in [0.15, 0.2) is 36.1 Å². The Labute approximate surface area is 355 Å². The maximum Gasteiger partial charge on any atom is 0.534 e. The summed E-state index contributed by atoms with van der Waals surface area (Å²) in [6.07, 6.45) is 4.16. The van der Waals surface area contributed by atoms with Crippen LogP contribution in [-0.2, 0) is 23.9 Å². The Morgan fingerprint density at radius 2 is 1.26 bits per heavy atom. The van der Waals surface area contributed by atoms with Gasteiger partial charge in [-0.1, -0.05) is 33.6 Å². The maximum absolute atomic E-state index is 13.2. The molecule has 0 bridgehead atoms. The number of carbonyl (C=O) groups excluding carboxylic acids is 4. The number of piperidine rings is 1. The molecule has 1 saturated heterocycles. The quantitative estimate of drug-likeness (QED) is 0.0497. The number of ether oxygens (including phenoxy) is 4. The Hall–Kier alpha value is -6.00. The molecule has 0 aromatic heterocycles. The Balaban J connectivity index is 0.000000336. The van der Waals surface area contributed by atoms with Gasteiger partial charge in [-0.15, -0.1) is 0 Å². The van der Waals surface area contributed by atoms with Crippen molar-refractivity contribution in [3.8, 4) is 23.0 Å². The number of ketones is 2. The minimum absolute atomic E-state index is 0.0378. The zero-order chi connectivity index (χ0) is 46.5. The monoisotopic (exact) mass is 902 g/mol. The predicted octanol–water partition coefficient (Wildman–Crippen LogP) is 6.70. The van der Waals surface area contributed by atoms with Crippen molar-refractivity contribution in [1.29, 1.82) is 0 Å². The number of benzene rings is 2. The van der Waals surface area contributed by atoms with Crippen molar-refractivity contribution < 1.29 is 73.7 Å². The molecule has 0 radical (unpaired) electrons. The first-order chi connectivity index (χ1) is 29.2. The maximum atomic E-state index is 13.2. The molecule has 0 N–H and O–H groups in total. The van der Waals surface area contributed by atoms with Gasteiger partial charge in [0.25, 0.3) is 23.2 Å². The molecule has 0 aliphatic carbocycles. The minimum atomic E-state index is -5.85. The topological polar surface area (TPSA) is 241 Å². The van der Waals surface area contributed by atoms with Crippen LogP contribution in [-0.4, -0.2) is 110 Å². The highest BCUT2D eigenvalue weighted by Crippen LogP contribution is 2.38. The van der Waals surface area contributed by atoms with Crippen molar-refractivity contribution in [2.75, 3.05) is 40.5 Å². The van der Waals surface area contributed by atoms with Crippen LogP contribution >= 0.6 is 0 Å². The summed E-state index contributed by atoms with van der Waals surface area (Å²) in [6, 6.07) is 2.92. The van der Waals surface area contributed by atoms with Crippen LogP contribution in [0.3, 0.4) is 0 Å². The molecular weight excluding hydrogens is 854 g/mol. The molecule has 0 saturated carbocycles. The number of nitro benzene ring substituents is 2. The average Bonchev–Trinajstić information content (AvgIpc) is 3.22. The number of rotatable bonds is 18. The molecule has 4 rings (SSSR count). The molecule has 2 aliphatic rings. The molecule has 23 heteroatoms. The lowest BCUT2D eigenvalue weighted by Gasteiger charge is -2.33. The number of hydrogen-bond donors (Lipinski definition) is 0. The number of halogens is 3. The van der Waals surface area contributed by atoms with Crippen LogP contribution in [0.1, 0.15) is 99.8 Å². The number of Topliss-reactive ketones (excluding diaryl/α,β-unsaturated/α-hetero) is 2. The van der Waals surface area contributed by atoms with Crippen LogP contribution in [0.2, 0.25) is 0 Å². The molecule has 0 spiro atoms. The number of methoxy groups -OCH3 is 2. The number of alkyl halides is 3. The van der Waals surface area contributed by atoms with E-state index in [1.807, 2.05) is 13.8 Å². The second-order valence-electron chi connectivity index (χ2n) is 13.9. The summed E-state index contributed by atoms with van der Waals surface area (Å²) >= 11 is 0. The van der Waals surface area contributed by atoms with Crippen molar-refractivity contribution in [3.63, 3.8) is 0 Å². The lowest BCUT2D eigenvalue weighted by molar-refractivity contribution is -0.385. The summed E-state index contributed by atoms with van der Waals surface area (Å²) in [5.41, 5.74) is -7.07. The van der Waals surface area contributed by atoms with E-state index in [9.17, 15) is 61.0 Å². The standard InChI is InChI=1S/C20H25F3N2O8S.C19H24N2O7/c1-4-6-9-32-18-12-16(25(27)28)15(11-17(18)31-3)19(26)24-8-7-14(10-13(24)5-2)33-34(29,30)20(21,22)23;1-4-5-8-28-18-11-16(21(25)26)14(10-17(18)27-3)19(24)20-7-6-13(23)9-15(20)12(2)22/h10-13H,4-9H2,1-3H3;10-11,15H,4-9H2,1-3H3/t13-;15-/m10/s1. The van der Waals surface area contributed by atoms with E-state index < -0.39 is 66.5 Å². The first-order valence-corrected chi connectivity index (χ1v) is 20.9. The van der Waals surface area contributed by atoms with Gasteiger partial charge >= 0.3 is 15.6 Å². The van der Waals surface area contributed by atoms with Gasteiger partial charge in [0.15, 0.2) is 28.8 Å². The van der Waals surface area contributed by atoms with E-state index in [0.717, 1.165) is 31.4 Å². The lowest BCUT2D eigenvalue weighted by Crippen LogP contribution is -2.49. The number of likely N-dealkylation sites (tertiary alicyclic amines) is 1. The number of unbranched alkanes of at least 4 members (excludes halogenated alkanes) is 2. The molecule has 62 heavy (non-hydrogen) atoms. The van der Waals surface area contributed by atoms with Gasteiger partial charge in [0.2, 0.25) is 0 Å².